The Kier molecular flexibility index (Phi) is 9.62. The number of hydrogen-bond donors (Lipinski definition) is 0. The topological polar surface area (TPSA) is 66.0 Å². The van der Waals surface area contributed by atoms with E-state index in [0.717, 1.165) is 48.5 Å². The molecule has 1 aromatic carbocycles. The molecule has 1 saturated heterocycles. The summed E-state index contributed by atoms with van der Waals surface area (Å²) >= 11 is 0. The highest BCUT2D eigenvalue weighted by molar-refractivity contribution is 7.82. The third-order valence-corrected chi connectivity index (χ3v) is 8.18. The molecule has 1 unspecified atom stereocenters. The Hall–Kier alpha value is -2.29. The van der Waals surface area contributed by atoms with E-state index in [4.69, 9.17) is 4.74 Å². The molecular weight excluding hydrogens is 448 g/mol. The lowest BCUT2D eigenvalue weighted by Gasteiger charge is -2.35. The molecule has 0 spiro atoms. The molecule has 7 nitrogen and oxygen atoms in total. The Morgan fingerprint density at radius 1 is 1.12 bits per heavy atom. The minimum absolute atomic E-state index is 0.00874. The smallest absolute Gasteiger partial charge is 0.248 e. The first-order valence-electron chi connectivity index (χ1n) is 11.9. The first-order chi connectivity index (χ1) is 16.3. The fraction of sp³-hybridized carbons (Fsp3) is 0.538. The summed E-state index contributed by atoms with van der Waals surface area (Å²) in [7, 11) is 2.42. The summed E-state index contributed by atoms with van der Waals surface area (Å²) in [5.74, 6) is 0.493. The van der Waals surface area contributed by atoms with Crippen molar-refractivity contribution in [1.82, 2.24) is 14.2 Å². The third kappa shape index (κ3) is 7.10. The van der Waals surface area contributed by atoms with Gasteiger partial charge in [0.25, 0.3) is 0 Å². The summed E-state index contributed by atoms with van der Waals surface area (Å²) < 4.78 is 20.4. The lowest BCUT2D eigenvalue weighted by molar-refractivity contribution is -0.135. The number of pyridine rings is 1. The van der Waals surface area contributed by atoms with Gasteiger partial charge in [0.2, 0.25) is 5.91 Å². The Labute approximate surface area is 206 Å². The number of ether oxygens (including phenoxy) is 1. The van der Waals surface area contributed by atoms with Gasteiger partial charge in [-0.1, -0.05) is 17.7 Å². The van der Waals surface area contributed by atoms with E-state index in [1.807, 2.05) is 59.4 Å². The number of carbonyl (C=O) groups excluding carboxylic acids is 1. The third-order valence-electron chi connectivity index (χ3n) is 6.44. The summed E-state index contributed by atoms with van der Waals surface area (Å²) in [5, 5.41) is 0. The Balaban J connectivity index is 1.36. The Morgan fingerprint density at radius 2 is 1.74 bits per heavy atom. The number of aryl methyl sites for hydroxylation is 3. The van der Waals surface area contributed by atoms with Crippen molar-refractivity contribution < 1.29 is 13.7 Å². The van der Waals surface area contributed by atoms with Crippen molar-refractivity contribution in [2.24, 2.45) is 5.92 Å². The van der Waals surface area contributed by atoms with Crippen molar-refractivity contribution in [1.29, 1.82) is 0 Å². The van der Waals surface area contributed by atoms with E-state index in [9.17, 15) is 9.00 Å². The number of anilines is 1. The predicted molar refractivity (Wildman–Crippen MR) is 137 cm³/mol. The lowest BCUT2D eigenvalue weighted by atomic mass is 9.96. The second-order valence-electron chi connectivity index (χ2n) is 9.29. The number of likely N-dealkylation sites (N-methyl/N-ethyl adjacent to an activating group) is 2. The molecule has 186 valence electrons. The molecule has 1 atom stereocenters. The average molecular weight is 487 g/mol. The quantitative estimate of drug-likeness (QED) is 0.482. The van der Waals surface area contributed by atoms with Crippen LogP contribution in [-0.4, -0.2) is 77.8 Å². The molecule has 1 aliphatic rings. The van der Waals surface area contributed by atoms with Gasteiger partial charge < -0.3 is 14.5 Å². The van der Waals surface area contributed by atoms with Crippen LogP contribution in [0.3, 0.4) is 0 Å². The van der Waals surface area contributed by atoms with Gasteiger partial charge in [-0.3, -0.25) is 9.78 Å². The molecule has 1 amide bonds. The predicted octanol–water partition coefficient (Wildman–Crippen LogP) is 3.35. The monoisotopic (exact) mass is 486 g/mol. The molecule has 34 heavy (non-hydrogen) atoms. The van der Waals surface area contributed by atoms with Crippen LogP contribution < -0.4 is 4.90 Å². The summed E-state index contributed by atoms with van der Waals surface area (Å²) in [5.41, 5.74) is 4.45. The second-order valence-corrected chi connectivity index (χ2v) is 10.8. The van der Waals surface area contributed by atoms with Gasteiger partial charge in [0.05, 0.1) is 11.5 Å². The number of aromatic nitrogens is 1. The fourth-order valence-electron chi connectivity index (χ4n) is 4.56. The number of hydrogen-bond acceptors (Lipinski definition) is 5. The van der Waals surface area contributed by atoms with Crippen molar-refractivity contribution in [3.63, 3.8) is 0 Å². The van der Waals surface area contributed by atoms with Crippen LogP contribution in [0.1, 0.15) is 29.5 Å². The van der Waals surface area contributed by atoms with Gasteiger partial charge in [-0.25, -0.2) is 8.51 Å². The normalized spacial score (nSPS) is 15.5. The second kappa shape index (κ2) is 12.4. The Morgan fingerprint density at radius 3 is 2.35 bits per heavy atom. The molecular formula is C26H38N4O3S. The van der Waals surface area contributed by atoms with Crippen LogP contribution in [0.2, 0.25) is 0 Å². The first-order valence-corrected chi connectivity index (χ1v) is 13.0. The zero-order chi connectivity index (χ0) is 24.7. The number of benzene rings is 1. The minimum atomic E-state index is -1.25. The summed E-state index contributed by atoms with van der Waals surface area (Å²) in [4.78, 5) is 21.6. The SMILES string of the molecule is Cc1cc(C)c(S(=O)N(C)CCOCC(=O)N(C)CC2CCN(c3ccncc3)CC2)c(C)c1. The van der Waals surface area contributed by atoms with Crippen LogP contribution in [0, 0.1) is 26.7 Å². The molecule has 2 aromatic rings. The van der Waals surface area contributed by atoms with E-state index in [2.05, 4.69) is 22.0 Å². The first kappa shape index (κ1) is 26.3. The number of rotatable bonds is 10. The van der Waals surface area contributed by atoms with Gasteiger partial charge >= 0.3 is 0 Å². The van der Waals surface area contributed by atoms with Gasteiger partial charge in [0.15, 0.2) is 0 Å². The van der Waals surface area contributed by atoms with Crippen molar-refractivity contribution in [3.05, 3.63) is 53.3 Å². The maximum atomic E-state index is 13.0. The van der Waals surface area contributed by atoms with Crippen molar-refractivity contribution in [3.8, 4) is 0 Å². The zero-order valence-corrected chi connectivity index (χ0v) is 21.9. The maximum Gasteiger partial charge on any atom is 0.248 e. The van der Waals surface area contributed by atoms with E-state index in [0.29, 0.717) is 19.1 Å². The van der Waals surface area contributed by atoms with Crippen LogP contribution in [-0.2, 0) is 20.5 Å². The summed E-state index contributed by atoms with van der Waals surface area (Å²) in [6.07, 6.45) is 5.78. The van der Waals surface area contributed by atoms with E-state index >= 15 is 0 Å². The van der Waals surface area contributed by atoms with Crippen LogP contribution in [0.15, 0.2) is 41.6 Å². The highest BCUT2D eigenvalue weighted by atomic mass is 32.2. The minimum Gasteiger partial charge on any atom is -0.371 e. The van der Waals surface area contributed by atoms with Gasteiger partial charge in [-0.15, -0.1) is 0 Å². The molecule has 8 heteroatoms. The lowest BCUT2D eigenvalue weighted by Crippen LogP contribution is -2.40. The maximum absolute atomic E-state index is 13.0. The largest absolute Gasteiger partial charge is 0.371 e. The zero-order valence-electron chi connectivity index (χ0n) is 21.1. The molecule has 1 aromatic heterocycles. The van der Waals surface area contributed by atoms with Crippen LogP contribution in [0.4, 0.5) is 5.69 Å². The highest BCUT2D eigenvalue weighted by Gasteiger charge is 2.22. The van der Waals surface area contributed by atoms with Crippen molar-refractivity contribution >= 4 is 22.6 Å². The van der Waals surface area contributed by atoms with Gasteiger partial charge in [-0.05, 0) is 62.8 Å². The van der Waals surface area contributed by atoms with E-state index in [1.54, 1.807) is 9.21 Å². The number of carbonyl (C=O) groups is 1. The molecule has 1 aliphatic heterocycles. The van der Waals surface area contributed by atoms with E-state index in [1.165, 1.54) is 11.3 Å². The standard InChI is InChI=1S/C26H38N4O3S/c1-20-16-21(2)26(22(3)17-20)34(32)29(5)14-15-33-19-25(31)28(4)18-23-8-12-30(13-9-23)24-6-10-27-11-7-24/h6-7,10-11,16-17,23H,8-9,12-15,18-19H2,1-5H3. The molecule has 2 heterocycles. The molecule has 0 aliphatic carbocycles. The molecule has 0 bridgehead atoms. The average Bonchev–Trinajstić information content (AvgIpc) is 2.81. The highest BCUT2D eigenvalue weighted by Crippen LogP contribution is 2.23. The van der Waals surface area contributed by atoms with Gasteiger partial charge in [0.1, 0.15) is 17.6 Å². The Bertz CT molecular complexity index is 954. The molecule has 0 N–H and O–H groups in total. The van der Waals surface area contributed by atoms with Crippen LogP contribution in [0.25, 0.3) is 0 Å². The van der Waals surface area contributed by atoms with Crippen molar-refractivity contribution in [2.45, 2.75) is 38.5 Å². The van der Waals surface area contributed by atoms with E-state index < -0.39 is 11.0 Å². The van der Waals surface area contributed by atoms with Crippen LogP contribution in [0.5, 0.6) is 0 Å². The van der Waals surface area contributed by atoms with Gasteiger partial charge in [-0.2, -0.15) is 0 Å². The molecule has 0 radical (unpaired) electrons. The molecule has 1 fully saturated rings. The van der Waals surface area contributed by atoms with Crippen LogP contribution >= 0.6 is 0 Å². The molecule has 0 saturated carbocycles. The van der Waals surface area contributed by atoms with Gasteiger partial charge in [0, 0.05) is 58.4 Å². The summed E-state index contributed by atoms with van der Waals surface area (Å²) in [6, 6.07) is 8.21. The van der Waals surface area contributed by atoms with Crippen molar-refractivity contribution in [2.75, 3.05) is 58.4 Å². The molecule has 3 rings (SSSR count). The van der Waals surface area contributed by atoms with E-state index in [-0.39, 0.29) is 12.5 Å². The summed E-state index contributed by atoms with van der Waals surface area (Å²) in [6.45, 7) is 9.68. The number of piperidine rings is 1. The fourth-order valence-corrected chi connectivity index (χ4v) is 5.78. The number of amides is 1. The number of nitrogens with zero attached hydrogens (tertiary/aromatic N) is 4.